The van der Waals surface area contributed by atoms with Gasteiger partial charge in [-0.1, -0.05) is 32.9 Å². The monoisotopic (exact) mass is 454 g/mol. The zero-order chi connectivity index (χ0) is 24.0. The Labute approximate surface area is 194 Å². The second kappa shape index (κ2) is 11.1. The minimum absolute atomic E-state index is 0.00776. The Hall–Kier alpha value is -3.19. The van der Waals surface area contributed by atoms with Crippen LogP contribution in [0.25, 0.3) is 5.76 Å². The number of amides is 1. The molecule has 0 radical (unpaired) electrons. The molecule has 1 aliphatic rings. The van der Waals surface area contributed by atoms with Crippen molar-refractivity contribution < 1.29 is 23.8 Å². The van der Waals surface area contributed by atoms with Gasteiger partial charge >= 0.3 is 0 Å². The van der Waals surface area contributed by atoms with E-state index in [9.17, 15) is 19.1 Å². The average molecular weight is 455 g/mol. The molecule has 1 saturated heterocycles. The van der Waals surface area contributed by atoms with Gasteiger partial charge in [0.2, 0.25) is 0 Å². The molecule has 33 heavy (non-hydrogen) atoms. The molecule has 1 aliphatic heterocycles. The Morgan fingerprint density at radius 3 is 2.24 bits per heavy atom. The van der Waals surface area contributed by atoms with Crippen LogP contribution in [0.1, 0.15) is 44.4 Å². The highest BCUT2D eigenvalue weighted by molar-refractivity contribution is 6.46. The molecule has 1 amide bonds. The Bertz CT molecular complexity index is 998. The van der Waals surface area contributed by atoms with E-state index in [2.05, 4.69) is 4.90 Å². The van der Waals surface area contributed by atoms with Crippen LogP contribution < -0.4 is 4.74 Å². The summed E-state index contributed by atoms with van der Waals surface area (Å²) in [5.74, 6) is -1.46. The molecule has 2 aromatic carbocycles. The van der Waals surface area contributed by atoms with Gasteiger partial charge in [0.25, 0.3) is 11.7 Å². The van der Waals surface area contributed by atoms with Crippen molar-refractivity contribution in [3.63, 3.8) is 0 Å². The third kappa shape index (κ3) is 5.42. The molecule has 0 bridgehead atoms. The maximum absolute atomic E-state index is 13.4. The summed E-state index contributed by atoms with van der Waals surface area (Å²) >= 11 is 0. The molecular formula is C26H31FN2O4. The lowest BCUT2D eigenvalue weighted by molar-refractivity contribution is -0.140. The van der Waals surface area contributed by atoms with Crippen LogP contribution in [0, 0.1) is 5.82 Å². The summed E-state index contributed by atoms with van der Waals surface area (Å²) in [6.07, 6.45) is 0.880. The molecule has 1 atom stereocenters. The molecule has 3 rings (SSSR count). The number of rotatable bonds is 10. The first-order valence-corrected chi connectivity index (χ1v) is 11.4. The molecule has 0 spiro atoms. The van der Waals surface area contributed by atoms with Crippen molar-refractivity contribution in [2.75, 3.05) is 32.8 Å². The summed E-state index contributed by atoms with van der Waals surface area (Å²) in [4.78, 5) is 29.7. The van der Waals surface area contributed by atoms with Gasteiger partial charge in [-0.2, -0.15) is 0 Å². The molecule has 176 valence electrons. The number of ketones is 1. The lowest BCUT2D eigenvalue weighted by Crippen LogP contribution is -2.38. The SMILES string of the molecule is CCCOc1ccc([C@@H]2/C(=C(\O)c3ccc(F)cc3)C(=O)C(=O)N2CCN(CC)CC)cc1. The van der Waals surface area contributed by atoms with Crippen LogP contribution in [0.4, 0.5) is 4.39 Å². The number of aliphatic hydroxyl groups excluding tert-OH is 1. The van der Waals surface area contributed by atoms with Gasteiger partial charge in [-0.25, -0.2) is 4.39 Å². The summed E-state index contributed by atoms with van der Waals surface area (Å²) in [5, 5.41) is 11.0. The van der Waals surface area contributed by atoms with Crippen molar-refractivity contribution in [2.45, 2.75) is 33.2 Å². The topological polar surface area (TPSA) is 70.1 Å². The van der Waals surface area contributed by atoms with Gasteiger partial charge in [0.15, 0.2) is 0 Å². The fourth-order valence-corrected chi connectivity index (χ4v) is 3.98. The molecule has 0 aromatic heterocycles. The van der Waals surface area contributed by atoms with E-state index < -0.39 is 23.5 Å². The fraction of sp³-hybridized carbons (Fsp3) is 0.385. The van der Waals surface area contributed by atoms with E-state index in [-0.39, 0.29) is 16.9 Å². The number of carbonyl (C=O) groups is 2. The first kappa shape index (κ1) is 24.5. The molecule has 6 nitrogen and oxygen atoms in total. The smallest absolute Gasteiger partial charge is 0.295 e. The minimum Gasteiger partial charge on any atom is -0.507 e. The van der Waals surface area contributed by atoms with Crippen LogP contribution in [0.3, 0.4) is 0 Å². The predicted octanol–water partition coefficient (Wildman–Crippen LogP) is 4.38. The summed E-state index contributed by atoms with van der Waals surface area (Å²) in [7, 11) is 0. The van der Waals surface area contributed by atoms with Gasteiger partial charge in [-0.15, -0.1) is 0 Å². The molecule has 1 fully saturated rings. The van der Waals surface area contributed by atoms with Crippen molar-refractivity contribution in [1.82, 2.24) is 9.80 Å². The quantitative estimate of drug-likeness (QED) is 0.328. The van der Waals surface area contributed by atoms with Gasteiger partial charge in [-0.3, -0.25) is 9.59 Å². The lowest BCUT2D eigenvalue weighted by atomic mass is 9.95. The van der Waals surface area contributed by atoms with Gasteiger partial charge in [0, 0.05) is 18.7 Å². The average Bonchev–Trinajstić information content (AvgIpc) is 3.08. The Balaban J connectivity index is 2.04. The summed E-state index contributed by atoms with van der Waals surface area (Å²) in [6.45, 7) is 9.28. The lowest BCUT2D eigenvalue weighted by Gasteiger charge is -2.28. The van der Waals surface area contributed by atoms with Gasteiger partial charge in [0.1, 0.15) is 17.3 Å². The maximum atomic E-state index is 13.4. The van der Waals surface area contributed by atoms with E-state index in [1.54, 1.807) is 12.1 Å². The molecule has 2 aromatic rings. The van der Waals surface area contributed by atoms with E-state index in [1.807, 2.05) is 32.9 Å². The largest absolute Gasteiger partial charge is 0.507 e. The molecule has 0 unspecified atom stereocenters. The van der Waals surface area contributed by atoms with Gasteiger partial charge in [0.05, 0.1) is 18.2 Å². The van der Waals surface area contributed by atoms with Crippen molar-refractivity contribution in [2.24, 2.45) is 0 Å². The second-order valence-corrected chi connectivity index (χ2v) is 7.94. The van der Waals surface area contributed by atoms with Crippen molar-refractivity contribution in [3.05, 3.63) is 71.0 Å². The standard InChI is InChI=1S/C26H31FN2O4/c1-4-17-33-21-13-9-18(10-14-21)23-22(24(30)19-7-11-20(27)12-8-19)25(31)26(32)29(23)16-15-28(5-2)6-3/h7-14,23,30H,4-6,15-17H2,1-3H3/b24-22+/t23-/m1/s1. The highest BCUT2D eigenvalue weighted by Crippen LogP contribution is 2.39. The zero-order valence-corrected chi connectivity index (χ0v) is 19.4. The summed E-state index contributed by atoms with van der Waals surface area (Å²) in [6, 6.07) is 11.7. The summed E-state index contributed by atoms with van der Waals surface area (Å²) < 4.78 is 19.0. The third-order valence-electron chi connectivity index (χ3n) is 5.88. The Morgan fingerprint density at radius 1 is 1.03 bits per heavy atom. The predicted molar refractivity (Wildman–Crippen MR) is 125 cm³/mol. The molecule has 7 heteroatoms. The number of aliphatic hydroxyl groups is 1. The third-order valence-corrected chi connectivity index (χ3v) is 5.88. The molecule has 0 saturated carbocycles. The fourth-order valence-electron chi connectivity index (χ4n) is 3.98. The number of likely N-dealkylation sites (N-methyl/N-ethyl adjacent to an activating group) is 1. The van der Waals surface area contributed by atoms with Crippen LogP contribution >= 0.6 is 0 Å². The molecule has 1 heterocycles. The number of ether oxygens (including phenoxy) is 1. The van der Waals surface area contributed by atoms with E-state index in [0.717, 1.165) is 19.5 Å². The van der Waals surface area contributed by atoms with Crippen LogP contribution in [0.2, 0.25) is 0 Å². The number of halogens is 1. The number of Topliss-reactive ketones (excluding diaryl/α,β-unsaturated/α-hetero) is 1. The number of benzene rings is 2. The number of hydrogen-bond donors (Lipinski definition) is 1. The van der Waals surface area contributed by atoms with Crippen molar-refractivity contribution in [3.8, 4) is 5.75 Å². The molecule has 0 aliphatic carbocycles. The van der Waals surface area contributed by atoms with Crippen LogP contribution in [-0.4, -0.2) is 59.4 Å². The van der Waals surface area contributed by atoms with Crippen LogP contribution in [0.5, 0.6) is 5.75 Å². The summed E-state index contributed by atoms with van der Waals surface area (Å²) in [5.41, 5.74) is 0.987. The van der Waals surface area contributed by atoms with Gasteiger partial charge < -0.3 is 19.6 Å². The highest BCUT2D eigenvalue weighted by Gasteiger charge is 2.45. The number of carbonyl (C=O) groups excluding carboxylic acids is 2. The van der Waals surface area contributed by atoms with Crippen molar-refractivity contribution in [1.29, 1.82) is 0 Å². The molecule has 1 N–H and O–H groups in total. The van der Waals surface area contributed by atoms with Crippen molar-refractivity contribution >= 4 is 17.4 Å². The first-order valence-electron chi connectivity index (χ1n) is 11.4. The number of nitrogens with zero attached hydrogens (tertiary/aromatic N) is 2. The number of likely N-dealkylation sites (tertiary alicyclic amines) is 1. The van der Waals surface area contributed by atoms with E-state index in [0.29, 0.717) is 31.0 Å². The normalized spacial score (nSPS) is 17.7. The first-order chi connectivity index (χ1) is 15.9. The Morgan fingerprint density at radius 2 is 1.67 bits per heavy atom. The zero-order valence-electron chi connectivity index (χ0n) is 19.4. The van der Waals surface area contributed by atoms with E-state index in [4.69, 9.17) is 4.74 Å². The van der Waals surface area contributed by atoms with Crippen LogP contribution in [0.15, 0.2) is 54.1 Å². The second-order valence-electron chi connectivity index (χ2n) is 7.94. The van der Waals surface area contributed by atoms with Crippen LogP contribution in [-0.2, 0) is 9.59 Å². The van der Waals surface area contributed by atoms with Gasteiger partial charge in [-0.05, 0) is 61.5 Å². The highest BCUT2D eigenvalue weighted by atomic mass is 19.1. The number of hydrogen-bond acceptors (Lipinski definition) is 5. The van der Waals surface area contributed by atoms with E-state index in [1.165, 1.54) is 29.2 Å². The van der Waals surface area contributed by atoms with E-state index >= 15 is 0 Å². The maximum Gasteiger partial charge on any atom is 0.295 e. The molecular weight excluding hydrogens is 423 g/mol. The Kier molecular flexibility index (Phi) is 8.22. The minimum atomic E-state index is -0.745.